The van der Waals surface area contributed by atoms with Gasteiger partial charge in [0.25, 0.3) is 0 Å². The van der Waals surface area contributed by atoms with E-state index in [-0.39, 0.29) is 6.61 Å². The Kier molecular flexibility index (Phi) is 4.63. The van der Waals surface area contributed by atoms with E-state index in [2.05, 4.69) is 4.74 Å². The summed E-state index contributed by atoms with van der Waals surface area (Å²) < 4.78 is 4.66. The summed E-state index contributed by atoms with van der Waals surface area (Å²) in [6.07, 6.45) is 0. The molecule has 0 bridgehead atoms. The molecular formula is C11H13NO4. The number of ether oxygens (including phenoxy) is 1. The van der Waals surface area contributed by atoms with E-state index < -0.39 is 17.8 Å². The average molecular weight is 223 g/mol. The maximum absolute atomic E-state index is 11.8. The maximum atomic E-state index is 11.8. The number of hydrogen-bond donors (Lipinski definition) is 2. The number of Topliss-reactive ketones (excluding diaryl/α,β-unsaturated/α-hetero) is 1. The van der Waals surface area contributed by atoms with Gasteiger partial charge in [-0.3, -0.25) is 4.79 Å². The van der Waals surface area contributed by atoms with Crippen molar-refractivity contribution >= 4 is 11.8 Å². The lowest BCUT2D eigenvalue weighted by atomic mass is 10.1. The second-order valence-corrected chi connectivity index (χ2v) is 3.04. The molecule has 0 spiro atoms. The Bertz CT molecular complexity index is 364. The van der Waals surface area contributed by atoms with Crippen LogP contribution < -0.4 is 5.48 Å². The normalized spacial score (nSPS) is 11.9. The van der Waals surface area contributed by atoms with Crippen LogP contribution in [0.4, 0.5) is 0 Å². The molecule has 1 aromatic rings. The van der Waals surface area contributed by atoms with Crippen molar-refractivity contribution in [3.05, 3.63) is 35.9 Å². The zero-order chi connectivity index (χ0) is 12.0. The minimum absolute atomic E-state index is 0.152. The van der Waals surface area contributed by atoms with Crippen molar-refractivity contribution in [2.45, 2.75) is 13.0 Å². The van der Waals surface area contributed by atoms with Crippen LogP contribution in [0.5, 0.6) is 0 Å². The van der Waals surface area contributed by atoms with Crippen LogP contribution in [-0.2, 0) is 9.53 Å². The van der Waals surface area contributed by atoms with E-state index in [1.165, 1.54) is 0 Å². The number of ketones is 1. The molecule has 0 saturated carbocycles. The van der Waals surface area contributed by atoms with Gasteiger partial charge in [0.2, 0.25) is 0 Å². The van der Waals surface area contributed by atoms with E-state index in [9.17, 15) is 9.59 Å². The third kappa shape index (κ3) is 2.88. The highest BCUT2D eigenvalue weighted by Gasteiger charge is 2.27. The summed E-state index contributed by atoms with van der Waals surface area (Å²) >= 11 is 0. The van der Waals surface area contributed by atoms with Crippen LogP contribution in [0, 0.1) is 0 Å². The molecular weight excluding hydrogens is 210 g/mol. The van der Waals surface area contributed by atoms with Gasteiger partial charge in [0.15, 0.2) is 11.8 Å². The second kappa shape index (κ2) is 5.99. The van der Waals surface area contributed by atoms with Crippen LogP contribution in [0.25, 0.3) is 0 Å². The van der Waals surface area contributed by atoms with Crippen molar-refractivity contribution < 1.29 is 19.5 Å². The number of nitrogens with one attached hydrogen (secondary N) is 1. The summed E-state index contributed by atoms with van der Waals surface area (Å²) in [6, 6.07) is 6.85. The Balaban J connectivity index is 2.82. The molecule has 1 aromatic carbocycles. The molecule has 0 aliphatic rings. The molecule has 5 heteroatoms. The highest BCUT2D eigenvalue weighted by molar-refractivity contribution is 6.11. The zero-order valence-electron chi connectivity index (χ0n) is 8.84. The largest absolute Gasteiger partial charge is 0.464 e. The molecule has 1 rings (SSSR count). The van der Waals surface area contributed by atoms with E-state index in [1.54, 1.807) is 42.7 Å². The number of esters is 1. The van der Waals surface area contributed by atoms with E-state index in [1.807, 2.05) is 0 Å². The number of carbonyl (C=O) groups is 2. The van der Waals surface area contributed by atoms with Gasteiger partial charge in [0.05, 0.1) is 6.61 Å². The minimum Gasteiger partial charge on any atom is -0.464 e. The Morgan fingerprint density at radius 3 is 2.50 bits per heavy atom. The molecule has 0 amide bonds. The van der Waals surface area contributed by atoms with Gasteiger partial charge in [0.1, 0.15) is 0 Å². The molecule has 0 aliphatic carbocycles. The van der Waals surface area contributed by atoms with Crippen LogP contribution in [0.2, 0.25) is 0 Å². The van der Waals surface area contributed by atoms with Gasteiger partial charge in [-0.1, -0.05) is 30.3 Å². The van der Waals surface area contributed by atoms with E-state index >= 15 is 0 Å². The molecule has 1 unspecified atom stereocenters. The lowest BCUT2D eigenvalue weighted by Gasteiger charge is -2.12. The molecule has 16 heavy (non-hydrogen) atoms. The topological polar surface area (TPSA) is 75.6 Å². The van der Waals surface area contributed by atoms with E-state index in [4.69, 9.17) is 5.21 Å². The van der Waals surface area contributed by atoms with Crippen LogP contribution >= 0.6 is 0 Å². The third-order valence-electron chi connectivity index (χ3n) is 1.97. The lowest BCUT2D eigenvalue weighted by molar-refractivity contribution is -0.146. The summed E-state index contributed by atoms with van der Waals surface area (Å²) in [5.41, 5.74) is 2.00. The first-order valence-corrected chi connectivity index (χ1v) is 4.86. The van der Waals surface area contributed by atoms with Crippen molar-refractivity contribution in [2.24, 2.45) is 0 Å². The molecule has 86 valence electrons. The fourth-order valence-corrected chi connectivity index (χ4v) is 1.21. The predicted octanol–water partition coefficient (Wildman–Crippen LogP) is 0.780. The summed E-state index contributed by atoms with van der Waals surface area (Å²) in [7, 11) is 0. The SMILES string of the molecule is CCOC(=O)C(NO)C(=O)c1ccccc1. The highest BCUT2D eigenvalue weighted by Crippen LogP contribution is 2.04. The van der Waals surface area contributed by atoms with Crippen molar-refractivity contribution in [1.29, 1.82) is 0 Å². The monoisotopic (exact) mass is 223 g/mol. The Morgan fingerprint density at radius 2 is 2.00 bits per heavy atom. The quantitative estimate of drug-likeness (QED) is 0.334. The zero-order valence-corrected chi connectivity index (χ0v) is 8.84. The molecule has 0 saturated heterocycles. The third-order valence-corrected chi connectivity index (χ3v) is 1.97. The summed E-state index contributed by atoms with van der Waals surface area (Å²) in [6.45, 7) is 1.78. The first-order valence-electron chi connectivity index (χ1n) is 4.86. The van der Waals surface area contributed by atoms with Gasteiger partial charge < -0.3 is 9.94 Å². The van der Waals surface area contributed by atoms with Crippen molar-refractivity contribution in [1.82, 2.24) is 5.48 Å². The first-order chi connectivity index (χ1) is 7.70. The number of benzene rings is 1. The fraction of sp³-hybridized carbons (Fsp3) is 0.273. The fourth-order valence-electron chi connectivity index (χ4n) is 1.21. The Labute approximate surface area is 93.0 Å². The van der Waals surface area contributed by atoms with Crippen LogP contribution in [0.1, 0.15) is 17.3 Å². The molecule has 0 fully saturated rings. The van der Waals surface area contributed by atoms with Crippen molar-refractivity contribution in [3.63, 3.8) is 0 Å². The second-order valence-electron chi connectivity index (χ2n) is 3.04. The van der Waals surface area contributed by atoms with E-state index in [0.29, 0.717) is 5.56 Å². The number of carbonyl (C=O) groups excluding carboxylic acids is 2. The molecule has 5 nitrogen and oxygen atoms in total. The van der Waals surface area contributed by atoms with Crippen LogP contribution in [0.3, 0.4) is 0 Å². The number of hydrogen-bond acceptors (Lipinski definition) is 5. The molecule has 2 N–H and O–H groups in total. The predicted molar refractivity (Wildman–Crippen MR) is 56.1 cm³/mol. The number of hydroxylamine groups is 1. The standard InChI is InChI=1S/C11H13NO4/c1-2-16-11(14)9(12-15)10(13)8-6-4-3-5-7-8/h3-7,9,12,15H,2H2,1H3. The average Bonchev–Trinajstić information content (AvgIpc) is 2.31. The molecule has 0 aliphatic heterocycles. The smallest absolute Gasteiger partial charge is 0.333 e. The summed E-state index contributed by atoms with van der Waals surface area (Å²) in [5, 5.41) is 8.78. The van der Waals surface area contributed by atoms with Gasteiger partial charge in [-0.05, 0) is 6.92 Å². The van der Waals surface area contributed by atoms with Gasteiger partial charge in [-0.15, -0.1) is 0 Å². The lowest BCUT2D eigenvalue weighted by Crippen LogP contribution is -2.42. The van der Waals surface area contributed by atoms with Gasteiger partial charge >= 0.3 is 5.97 Å². The molecule has 1 atom stereocenters. The Morgan fingerprint density at radius 1 is 1.38 bits per heavy atom. The first kappa shape index (κ1) is 12.4. The molecule has 0 heterocycles. The van der Waals surface area contributed by atoms with Crippen LogP contribution in [0.15, 0.2) is 30.3 Å². The van der Waals surface area contributed by atoms with Crippen molar-refractivity contribution in [3.8, 4) is 0 Å². The molecule has 0 radical (unpaired) electrons. The Hall–Kier alpha value is -1.72. The van der Waals surface area contributed by atoms with Gasteiger partial charge in [0, 0.05) is 5.56 Å². The minimum atomic E-state index is -1.37. The van der Waals surface area contributed by atoms with Crippen molar-refractivity contribution in [2.75, 3.05) is 6.61 Å². The van der Waals surface area contributed by atoms with Gasteiger partial charge in [-0.2, -0.15) is 5.48 Å². The maximum Gasteiger partial charge on any atom is 0.333 e. The summed E-state index contributed by atoms with van der Waals surface area (Å²) in [4.78, 5) is 23.1. The van der Waals surface area contributed by atoms with E-state index in [0.717, 1.165) is 0 Å². The molecule has 0 aromatic heterocycles. The van der Waals surface area contributed by atoms with Crippen LogP contribution in [-0.4, -0.2) is 29.6 Å². The van der Waals surface area contributed by atoms with Gasteiger partial charge in [-0.25, -0.2) is 4.79 Å². The highest BCUT2D eigenvalue weighted by atomic mass is 16.5. The summed E-state index contributed by atoms with van der Waals surface area (Å²) in [5.74, 6) is -1.32. The number of rotatable bonds is 5.